The summed E-state index contributed by atoms with van der Waals surface area (Å²) in [6, 6.07) is 4.87. The second kappa shape index (κ2) is 5.04. The highest BCUT2D eigenvalue weighted by atomic mass is 32.2. The quantitative estimate of drug-likeness (QED) is 0.841. The van der Waals surface area contributed by atoms with Crippen LogP contribution in [0.1, 0.15) is 17.5 Å². The first kappa shape index (κ1) is 15.3. The van der Waals surface area contributed by atoms with Gasteiger partial charge in [-0.1, -0.05) is 6.07 Å². The minimum absolute atomic E-state index is 0.0501. The summed E-state index contributed by atoms with van der Waals surface area (Å²) < 4.78 is 48.6. The van der Waals surface area contributed by atoms with Crippen LogP contribution in [0.3, 0.4) is 0 Å². The SMILES string of the molecule is Cc1ccc(N([C@H]2CCS(=O)(=O)C2)S(C)(=O)=O)cc1C. The van der Waals surface area contributed by atoms with Crippen LogP contribution in [0.15, 0.2) is 18.2 Å². The van der Waals surface area contributed by atoms with Crippen LogP contribution in [0, 0.1) is 13.8 Å². The predicted octanol–water partition coefficient (Wildman–Crippen LogP) is 1.26. The van der Waals surface area contributed by atoms with Crippen molar-refractivity contribution in [3.05, 3.63) is 29.3 Å². The standard InChI is InChI=1S/C13H19NO4S2/c1-10-4-5-12(8-11(10)2)14(19(3,15)16)13-6-7-20(17,18)9-13/h4-5,8,13H,6-7,9H2,1-3H3/t13-/m0/s1. The Morgan fingerprint density at radius 2 is 1.85 bits per heavy atom. The largest absolute Gasteiger partial charge is 0.266 e. The highest BCUT2D eigenvalue weighted by Crippen LogP contribution is 2.28. The van der Waals surface area contributed by atoms with Crippen molar-refractivity contribution < 1.29 is 16.8 Å². The van der Waals surface area contributed by atoms with E-state index in [0.29, 0.717) is 12.1 Å². The Balaban J connectivity index is 2.46. The van der Waals surface area contributed by atoms with Gasteiger partial charge in [-0.15, -0.1) is 0 Å². The molecule has 0 aromatic heterocycles. The molecule has 0 unspecified atom stereocenters. The molecule has 0 aliphatic carbocycles. The molecule has 0 radical (unpaired) electrons. The smallest absolute Gasteiger partial charge is 0.232 e. The van der Waals surface area contributed by atoms with Crippen LogP contribution < -0.4 is 4.31 Å². The zero-order valence-electron chi connectivity index (χ0n) is 11.8. The molecule has 1 saturated heterocycles. The molecule has 0 saturated carbocycles. The van der Waals surface area contributed by atoms with E-state index in [-0.39, 0.29) is 11.5 Å². The summed E-state index contributed by atoms with van der Waals surface area (Å²) in [5.41, 5.74) is 2.59. The third kappa shape index (κ3) is 3.15. The second-order valence-electron chi connectivity index (χ2n) is 5.38. The maximum absolute atomic E-state index is 12.1. The number of sulfonamides is 1. The molecular weight excluding hydrogens is 298 g/mol. The van der Waals surface area contributed by atoms with E-state index in [4.69, 9.17) is 0 Å². The van der Waals surface area contributed by atoms with E-state index in [1.165, 1.54) is 4.31 Å². The molecule has 2 rings (SSSR count). The van der Waals surface area contributed by atoms with Gasteiger partial charge in [0.2, 0.25) is 10.0 Å². The van der Waals surface area contributed by atoms with Crippen LogP contribution in [-0.4, -0.2) is 40.6 Å². The number of benzene rings is 1. The molecule has 1 aliphatic rings. The monoisotopic (exact) mass is 317 g/mol. The van der Waals surface area contributed by atoms with Gasteiger partial charge >= 0.3 is 0 Å². The van der Waals surface area contributed by atoms with Gasteiger partial charge in [-0.3, -0.25) is 4.31 Å². The molecule has 7 heteroatoms. The highest BCUT2D eigenvalue weighted by molar-refractivity contribution is 7.93. The van der Waals surface area contributed by atoms with Crippen LogP contribution in [0.5, 0.6) is 0 Å². The molecule has 1 aromatic carbocycles. The van der Waals surface area contributed by atoms with E-state index >= 15 is 0 Å². The fourth-order valence-corrected chi connectivity index (χ4v) is 5.51. The molecule has 5 nitrogen and oxygen atoms in total. The minimum Gasteiger partial charge on any atom is -0.266 e. The zero-order chi connectivity index (χ0) is 15.1. The predicted molar refractivity (Wildman–Crippen MR) is 80.3 cm³/mol. The van der Waals surface area contributed by atoms with Crippen molar-refractivity contribution >= 4 is 25.5 Å². The lowest BCUT2D eigenvalue weighted by Gasteiger charge is -2.28. The van der Waals surface area contributed by atoms with Crippen molar-refractivity contribution in [1.29, 1.82) is 0 Å². The molecule has 0 amide bonds. The average molecular weight is 317 g/mol. The number of anilines is 1. The molecule has 1 aromatic rings. The molecule has 0 spiro atoms. The molecular formula is C13H19NO4S2. The van der Waals surface area contributed by atoms with Crippen LogP contribution in [-0.2, 0) is 19.9 Å². The van der Waals surface area contributed by atoms with Gasteiger partial charge in [0.15, 0.2) is 9.84 Å². The number of nitrogens with zero attached hydrogens (tertiary/aromatic N) is 1. The van der Waals surface area contributed by atoms with Crippen molar-refractivity contribution in [2.24, 2.45) is 0 Å². The molecule has 0 bridgehead atoms. The van der Waals surface area contributed by atoms with Crippen molar-refractivity contribution in [3.8, 4) is 0 Å². The Kier molecular flexibility index (Phi) is 3.85. The van der Waals surface area contributed by atoms with Crippen LogP contribution in [0.4, 0.5) is 5.69 Å². The fourth-order valence-electron chi connectivity index (χ4n) is 2.50. The Morgan fingerprint density at radius 3 is 2.30 bits per heavy atom. The Bertz CT molecular complexity index is 723. The first-order chi connectivity index (χ1) is 9.10. The zero-order valence-corrected chi connectivity index (χ0v) is 13.5. The van der Waals surface area contributed by atoms with E-state index in [9.17, 15) is 16.8 Å². The number of aryl methyl sites for hydroxylation is 2. The third-order valence-corrected chi connectivity index (χ3v) is 6.62. The van der Waals surface area contributed by atoms with Gasteiger partial charge in [0.25, 0.3) is 0 Å². The summed E-state index contributed by atoms with van der Waals surface area (Å²) in [6.07, 6.45) is 1.47. The lowest BCUT2D eigenvalue weighted by atomic mass is 10.1. The van der Waals surface area contributed by atoms with E-state index in [2.05, 4.69) is 0 Å². The van der Waals surface area contributed by atoms with E-state index in [1.54, 1.807) is 12.1 Å². The highest BCUT2D eigenvalue weighted by Gasteiger charge is 2.36. The van der Waals surface area contributed by atoms with Gasteiger partial charge in [-0.05, 0) is 43.5 Å². The lowest BCUT2D eigenvalue weighted by Crippen LogP contribution is -2.40. The number of sulfone groups is 1. The lowest BCUT2D eigenvalue weighted by molar-refractivity contribution is 0.586. The van der Waals surface area contributed by atoms with E-state index in [1.807, 2.05) is 19.9 Å². The summed E-state index contributed by atoms with van der Waals surface area (Å²) in [5.74, 6) is -0.0540. The first-order valence-electron chi connectivity index (χ1n) is 6.37. The molecule has 1 heterocycles. The molecule has 1 atom stereocenters. The van der Waals surface area contributed by atoms with Gasteiger partial charge in [0.05, 0.1) is 29.5 Å². The van der Waals surface area contributed by atoms with Gasteiger partial charge in [0, 0.05) is 0 Å². The van der Waals surface area contributed by atoms with Crippen molar-refractivity contribution in [2.45, 2.75) is 26.3 Å². The fraction of sp³-hybridized carbons (Fsp3) is 0.538. The normalized spacial score (nSPS) is 21.9. The maximum atomic E-state index is 12.1. The summed E-state index contributed by atoms with van der Waals surface area (Å²) in [5, 5.41) is 0. The van der Waals surface area contributed by atoms with Crippen molar-refractivity contribution in [2.75, 3.05) is 22.1 Å². The summed E-state index contributed by atoms with van der Waals surface area (Å²) in [4.78, 5) is 0. The third-order valence-electron chi connectivity index (χ3n) is 3.64. The summed E-state index contributed by atoms with van der Waals surface area (Å²) in [6.45, 7) is 3.86. The van der Waals surface area contributed by atoms with Gasteiger partial charge < -0.3 is 0 Å². The maximum Gasteiger partial charge on any atom is 0.232 e. The molecule has 20 heavy (non-hydrogen) atoms. The summed E-state index contributed by atoms with van der Waals surface area (Å²) in [7, 11) is -6.65. The number of hydrogen-bond acceptors (Lipinski definition) is 4. The topological polar surface area (TPSA) is 71.5 Å². The van der Waals surface area contributed by atoms with Crippen LogP contribution in [0.2, 0.25) is 0 Å². The average Bonchev–Trinajstić information content (AvgIpc) is 2.62. The van der Waals surface area contributed by atoms with Crippen LogP contribution >= 0.6 is 0 Å². The molecule has 1 fully saturated rings. The molecule has 112 valence electrons. The second-order valence-corrected chi connectivity index (χ2v) is 9.47. The van der Waals surface area contributed by atoms with Crippen molar-refractivity contribution in [3.63, 3.8) is 0 Å². The van der Waals surface area contributed by atoms with E-state index < -0.39 is 25.9 Å². The number of rotatable bonds is 3. The van der Waals surface area contributed by atoms with Crippen LogP contribution in [0.25, 0.3) is 0 Å². The Labute approximate surface area is 120 Å². The summed E-state index contributed by atoms with van der Waals surface area (Å²) >= 11 is 0. The van der Waals surface area contributed by atoms with E-state index in [0.717, 1.165) is 17.4 Å². The van der Waals surface area contributed by atoms with Gasteiger partial charge in [-0.2, -0.15) is 0 Å². The Hall–Kier alpha value is -1.08. The van der Waals surface area contributed by atoms with Gasteiger partial charge in [-0.25, -0.2) is 16.8 Å². The van der Waals surface area contributed by atoms with Crippen molar-refractivity contribution in [1.82, 2.24) is 0 Å². The van der Waals surface area contributed by atoms with Gasteiger partial charge in [0.1, 0.15) is 0 Å². The Morgan fingerprint density at radius 1 is 1.20 bits per heavy atom. The first-order valence-corrected chi connectivity index (χ1v) is 10.0. The minimum atomic E-state index is -3.51. The molecule has 0 N–H and O–H groups in total. The molecule has 1 aliphatic heterocycles. The number of hydrogen-bond donors (Lipinski definition) is 0.